The van der Waals surface area contributed by atoms with Crippen molar-refractivity contribution in [3.8, 4) is 0 Å². The van der Waals surface area contributed by atoms with Crippen LogP contribution in [0.1, 0.15) is 29.1 Å². The fraction of sp³-hybridized carbons (Fsp3) is 0.429. The second-order valence-corrected chi connectivity index (χ2v) is 5.93. The van der Waals surface area contributed by atoms with Crippen LogP contribution in [0, 0.1) is 0 Å². The summed E-state index contributed by atoms with van der Waals surface area (Å²) >= 11 is 3.62. The smallest absolute Gasteiger partial charge is 0.0764 e. The van der Waals surface area contributed by atoms with E-state index in [-0.39, 0.29) is 0 Å². The van der Waals surface area contributed by atoms with Crippen LogP contribution in [0.4, 0.5) is 0 Å². The molecule has 0 aliphatic heterocycles. The second-order valence-electron chi connectivity index (χ2n) is 3.97. The summed E-state index contributed by atoms with van der Waals surface area (Å²) in [5, 5.41) is 7.90. The van der Waals surface area contributed by atoms with Crippen LogP contribution in [0.3, 0.4) is 0 Å². The third kappa shape index (κ3) is 3.92. The SMILES string of the molecule is CCOCCCNC(c1cccs1)c1cccs1. The Labute approximate surface area is 117 Å². The van der Waals surface area contributed by atoms with Crippen molar-refractivity contribution in [1.82, 2.24) is 5.32 Å². The molecule has 0 aromatic carbocycles. The molecule has 4 heteroatoms. The van der Waals surface area contributed by atoms with E-state index in [2.05, 4.69) is 40.3 Å². The maximum Gasteiger partial charge on any atom is 0.0764 e. The first kappa shape index (κ1) is 13.7. The molecule has 0 saturated carbocycles. The van der Waals surface area contributed by atoms with Gasteiger partial charge < -0.3 is 10.1 Å². The molecule has 0 spiro atoms. The minimum atomic E-state index is 0.339. The van der Waals surface area contributed by atoms with Crippen LogP contribution in [0.15, 0.2) is 35.0 Å². The van der Waals surface area contributed by atoms with Gasteiger partial charge in [0.15, 0.2) is 0 Å². The Balaban J connectivity index is 1.90. The van der Waals surface area contributed by atoms with Gasteiger partial charge in [0.25, 0.3) is 0 Å². The normalized spacial score (nSPS) is 11.2. The molecule has 0 fully saturated rings. The minimum absolute atomic E-state index is 0.339. The van der Waals surface area contributed by atoms with Crippen molar-refractivity contribution in [2.75, 3.05) is 19.8 Å². The lowest BCUT2D eigenvalue weighted by molar-refractivity contribution is 0.144. The highest BCUT2D eigenvalue weighted by atomic mass is 32.1. The van der Waals surface area contributed by atoms with Gasteiger partial charge >= 0.3 is 0 Å². The van der Waals surface area contributed by atoms with Gasteiger partial charge in [-0.05, 0) is 42.8 Å². The number of thiophene rings is 2. The van der Waals surface area contributed by atoms with Gasteiger partial charge in [-0.25, -0.2) is 0 Å². The van der Waals surface area contributed by atoms with E-state index >= 15 is 0 Å². The predicted octanol–water partition coefficient (Wildman–Crippen LogP) is 3.92. The second kappa shape index (κ2) is 7.69. The van der Waals surface area contributed by atoms with E-state index in [0.717, 1.165) is 26.2 Å². The van der Waals surface area contributed by atoms with Crippen molar-refractivity contribution in [2.24, 2.45) is 0 Å². The molecule has 0 amide bonds. The molecule has 98 valence electrons. The summed E-state index contributed by atoms with van der Waals surface area (Å²) in [5.41, 5.74) is 0. The fourth-order valence-electron chi connectivity index (χ4n) is 1.82. The largest absolute Gasteiger partial charge is 0.382 e. The molecule has 2 aromatic rings. The van der Waals surface area contributed by atoms with Gasteiger partial charge in [-0.1, -0.05) is 12.1 Å². The summed E-state index contributed by atoms with van der Waals surface area (Å²) in [6, 6.07) is 8.96. The molecule has 2 rings (SSSR count). The summed E-state index contributed by atoms with van der Waals surface area (Å²) in [5.74, 6) is 0. The molecule has 18 heavy (non-hydrogen) atoms. The van der Waals surface area contributed by atoms with Gasteiger partial charge in [-0.2, -0.15) is 0 Å². The monoisotopic (exact) mass is 281 g/mol. The van der Waals surface area contributed by atoms with E-state index in [1.165, 1.54) is 9.75 Å². The molecule has 2 heterocycles. The zero-order valence-corrected chi connectivity index (χ0v) is 12.2. The Morgan fingerprint density at radius 1 is 1.17 bits per heavy atom. The molecule has 0 aliphatic rings. The first-order valence-corrected chi connectivity index (χ1v) is 8.05. The van der Waals surface area contributed by atoms with Crippen molar-refractivity contribution < 1.29 is 4.74 Å². The standard InChI is InChI=1S/C14H19NOS2/c1-2-16-9-5-8-15-14(12-6-3-10-17-12)13-7-4-11-18-13/h3-4,6-7,10-11,14-15H,2,5,8-9H2,1H3. The highest BCUT2D eigenvalue weighted by molar-refractivity contribution is 7.11. The molecule has 0 aliphatic carbocycles. The predicted molar refractivity (Wildman–Crippen MR) is 79.6 cm³/mol. The molecule has 0 saturated heterocycles. The van der Waals surface area contributed by atoms with Gasteiger partial charge in [0, 0.05) is 23.0 Å². The minimum Gasteiger partial charge on any atom is -0.382 e. The lowest BCUT2D eigenvalue weighted by atomic mass is 10.2. The number of nitrogens with one attached hydrogen (secondary N) is 1. The maximum atomic E-state index is 5.36. The molecular weight excluding hydrogens is 262 g/mol. The summed E-state index contributed by atoms with van der Waals surface area (Å²) in [7, 11) is 0. The highest BCUT2D eigenvalue weighted by Crippen LogP contribution is 2.28. The van der Waals surface area contributed by atoms with Gasteiger partial charge in [0.05, 0.1) is 6.04 Å². The van der Waals surface area contributed by atoms with E-state index in [9.17, 15) is 0 Å². The number of rotatable bonds is 8. The van der Waals surface area contributed by atoms with Crippen LogP contribution < -0.4 is 5.32 Å². The van der Waals surface area contributed by atoms with Crippen LogP contribution in [0.5, 0.6) is 0 Å². The summed E-state index contributed by atoms with van der Waals surface area (Å²) in [4.78, 5) is 2.77. The van der Waals surface area contributed by atoms with E-state index in [1.54, 1.807) is 0 Å². The van der Waals surface area contributed by atoms with Crippen LogP contribution in [0.2, 0.25) is 0 Å². The molecule has 0 atom stereocenters. The Kier molecular flexibility index (Phi) is 5.87. The Hall–Kier alpha value is -0.680. The Morgan fingerprint density at radius 2 is 1.83 bits per heavy atom. The molecule has 0 unspecified atom stereocenters. The van der Waals surface area contributed by atoms with Crippen molar-refractivity contribution in [3.63, 3.8) is 0 Å². The molecule has 2 nitrogen and oxygen atoms in total. The molecular formula is C14H19NOS2. The van der Waals surface area contributed by atoms with E-state index in [0.29, 0.717) is 6.04 Å². The summed E-state index contributed by atoms with van der Waals surface area (Å²) < 4.78 is 5.36. The van der Waals surface area contributed by atoms with Gasteiger partial charge in [0.2, 0.25) is 0 Å². The zero-order valence-electron chi connectivity index (χ0n) is 10.6. The maximum absolute atomic E-state index is 5.36. The summed E-state index contributed by atoms with van der Waals surface area (Å²) in [6.45, 7) is 4.67. The van der Waals surface area contributed by atoms with E-state index in [1.807, 2.05) is 29.6 Å². The van der Waals surface area contributed by atoms with Gasteiger partial charge in [-0.15, -0.1) is 22.7 Å². The molecule has 2 aromatic heterocycles. The first-order chi connectivity index (χ1) is 8.92. The Bertz CT molecular complexity index is 377. The van der Waals surface area contributed by atoms with Gasteiger partial charge in [-0.3, -0.25) is 0 Å². The van der Waals surface area contributed by atoms with Crippen molar-refractivity contribution in [2.45, 2.75) is 19.4 Å². The quantitative estimate of drug-likeness (QED) is 0.741. The van der Waals surface area contributed by atoms with Crippen molar-refractivity contribution in [3.05, 3.63) is 44.8 Å². The van der Waals surface area contributed by atoms with Crippen LogP contribution in [-0.4, -0.2) is 19.8 Å². The number of hydrogen-bond acceptors (Lipinski definition) is 4. The van der Waals surface area contributed by atoms with Gasteiger partial charge in [0.1, 0.15) is 0 Å². The first-order valence-electron chi connectivity index (χ1n) is 6.29. The van der Waals surface area contributed by atoms with E-state index in [4.69, 9.17) is 4.74 Å². The molecule has 1 N–H and O–H groups in total. The van der Waals surface area contributed by atoms with E-state index < -0.39 is 0 Å². The highest BCUT2D eigenvalue weighted by Gasteiger charge is 2.14. The molecule has 0 bridgehead atoms. The zero-order chi connectivity index (χ0) is 12.6. The lowest BCUT2D eigenvalue weighted by Crippen LogP contribution is -2.23. The fourth-order valence-corrected chi connectivity index (χ4v) is 3.53. The van der Waals surface area contributed by atoms with Crippen molar-refractivity contribution in [1.29, 1.82) is 0 Å². The summed E-state index contributed by atoms with van der Waals surface area (Å²) in [6.07, 6.45) is 1.06. The van der Waals surface area contributed by atoms with Crippen LogP contribution in [-0.2, 0) is 4.74 Å². The number of ether oxygens (including phenoxy) is 1. The average molecular weight is 281 g/mol. The molecule has 0 radical (unpaired) electrons. The van der Waals surface area contributed by atoms with Crippen LogP contribution >= 0.6 is 22.7 Å². The third-order valence-corrected chi connectivity index (χ3v) is 4.55. The average Bonchev–Trinajstić information content (AvgIpc) is 3.06. The number of hydrogen-bond donors (Lipinski definition) is 1. The van der Waals surface area contributed by atoms with Crippen molar-refractivity contribution >= 4 is 22.7 Å². The van der Waals surface area contributed by atoms with Crippen LogP contribution in [0.25, 0.3) is 0 Å². The third-order valence-electron chi connectivity index (χ3n) is 2.67. The lowest BCUT2D eigenvalue weighted by Gasteiger charge is -2.16. The Morgan fingerprint density at radius 3 is 2.33 bits per heavy atom. The topological polar surface area (TPSA) is 21.3 Å².